The molecule has 0 saturated carbocycles. The predicted octanol–water partition coefficient (Wildman–Crippen LogP) is -5.05. The molecule has 1 aromatic carbocycles. The minimum atomic E-state index is -2.29. The summed E-state index contributed by atoms with van der Waals surface area (Å²) < 4.78 is 95.5. The van der Waals surface area contributed by atoms with Gasteiger partial charge in [-0.25, -0.2) is 14.4 Å². The molecule has 10 unspecified atom stereocenters. The topological polar surface area (TPSA) is 543 Å². The summed E-state index contributed by atoms with van der Waals surface area (Å²) in [4.78, 5) is 82.6. The van der Waals surface area contributed by atoms with Gasteiger partial charge in [-0.15, -0.1) is 0 Å². The Hall–Kier alpha value is -7.16. The number of ether oxygens (including phenoxy) is 17. The number of phenolic OH excluding ortho intramolecular Hbond substituents is 1. The largest absolute Gasteiger partial charge is 0.508 e. The van der Waals surface area contributed by atoms with Crippen molar-refractivity contribution in [2.75, 3.05) is 54.4 Å². The van der Waals surface area contributed by atoms with Crippen molar-refractivity contribution < 1.29 is 181 Å². The molecular formula is C65H86O37. The highest BCUT2D eigenvalue weighted by molar-refractivity contribution is 5.92. The van der Waals surface area contributed by atoms with Gasteiger partial charge in [0.1, 0.15) is 111 Å². The molecule has 7 heterocycles. The second kappa shape index (κ2) is 36.5. The Morgan fingerprint density at radius 2 is 0.775 bits per heavy atom. The molecule has 37 nitrogen and oxygen atoms in total. The third-order valence-electron chi connectivity index (χ3n) is 18.0. The molecule has 102 heavy (non-hydrogen) atoms. The first-order valence-corrected chi connectivity index (χ1v) is 32.2. The van der Waals surface area contributed by atoms with Crippen LogP contribution in [0.2, 0.25) is 0 Å². The second-order valence-electron chi connectivity index (χ2n) is 24.2. The summed E-state index contributed by atoms with van der Waals surface area (Å²) in [6.07, 6.45) is -37.3. The fourth-order valence-electron chi connectivity index (χ4n) is 12.2. The number of rotatable bonds is 26. The maximum atomic E-state index is 14.5. The van der Waals surface area contributed by atoms with Crippen molar-refractivity contribution in [2.24, 2.45) is 17.8 Å². The zero-order valence-corrected chi connectivity index (χ0v) is 55.8. The Morgan fingerprint density at radius 1 is 0.431 bits per heavy atom. The van der Waals surface area contributed by atoms with E-state index in [-0.39, 0.29) is 52.2 Å². The average molecular weight is 1460 g/mol. The highest BCUT2D eigenvalue weighted by Gasteiger charge is 2.54. The van der Waals surface area contributed by atoms with Crippen LogP contribution in [0.5, 0.6) is 5.75 Å². The van der Waals surface area contributed by atoms with Crippen molar-refractivity contribution in [1.82, 2.24) is 0 Å². The number of carbonyl (C=O) groups excluding carboxylic acids is 6. The number of aromatic hydroxyl groups is 1. The SMILES string of the molecule is CC=C1C(OC2O[C@@H](CO)[C@H](O)[C@@H](O)[C@@H]2O)OC=C(C(=O)OC)C1CC(=O)OC[C@@H]1OC(OC2OC=C(C(=O)OC)C(CC(=O)OC[C@H]3OC(OCCc4ccc(O)cc4)[C@H](O)[C@@H](O)[C@@H]3O)C2=CC)[C@@H](O)[C@H](OC(=O)CC2C(C(=O)OC)=COC(OC3O[C@@H](CO)[C@H](O)[C@@H](O)[C@@H]3O)C2=CC)[C@H]1O. The van der Waals surface area contributed by atoms with E-state index in [1.54, 1.807) is 12.1 Å². The molecular weight excluding hydrogens is 1370 g/mol. The molecule has 568 valence electrons. The fourth-order valence-corrected chi connectivity index (χ4v) is 12.2. The molecule has 0 radical (unpaired) electrons. The standard InChI is InChI=1S/C65H86O37/c1-7-28-31(34(56(83)86-4)21-92-59(28)100-63-52(80)48(76)44(72)37(19-66)95-63)17-42(70)91-25-40-47(75)55(99-43(71)18-33-30(9-3)60(93-23-36(33)58(85)88-6)101-64-53(81)49(77)45(73)38(20-67)96-64)54(82)65(98-40)102-61-29(8-2)32(35(22-94-61)57(84)87-5)16-41(69)90-24-39-46(74)50(78)51(79)62(97-39)89-15-14-26-10-12-27(68)13-11-26/h7-13,21-23,31-33,37-40,44-55,59-68,72-82H,14-20,24-25H2,1-6H3/t31?,32?,33?,37-,38-,39+,40-,44-,45-,46+,47-,48+,49+,50-,51+,52-,53-,54-,55+,59?,60?,61?,62?,63?,64?,65?/m0/s1. The van der Waals surface area contributed by atoms with E-state index >= 15 is 0 Å². The number of hydrogen-bond acceptors (Lipinski definition) is 37. The van der Waals surface area contributed by atoms with E-state index in [0.717, 1.165) is 45.7 Å². The van der Waals surface area contributed by atoms with Crippen LogP contribution in [0.25, 0.3) is 0 Å². The van der Waals surface area contributed by atoms with Crippen molar-refractivity contribution in [3.05, 3.63) is 100 Å². The van der Waals surface area contributed by atoms with Gasteiger partial charge < -0.3 is 152 Å². The minimum absolute atomic E-state index is 0.00577. The molecule has 7 aliphatic heterocycles. The van der Waals surface area contributed by atoms with E-state index in [1.165, 1.54) is 51.1 Å². The predicted molar refractivity (Wildman–Crippen MR) is 328 cm³/mol. The normalized spacial score (nSPS) is 37.5. The van der Waals surface area contributed by atoms with E-state index in [0.29, 0.717) is 0 Å². The number of carbonyl (C=O) groups is 6. The van der Waals surface area contributed by atoms with Crippen LogP contribution < -0.4 is 0 Å². The highest BCUT2D eigenvalue weighted by atomic mass is 16.8. The summed E-state index contributed by atoms with van der Waals surface area (Å²) in [6, 6.07) is 6.16. The minimum Gasteiger partial charge on any atom is -0.508 e. The molecule has 1 aromatic rings. The summed E-state index contributed by atoms with van der Waals surface area (Å²) in [7, 11) is 3.06. The van der Waals surface area contributed by atoms with Gasteiger partial charge in [-0.05, 0) is 44.9 Å². The van der Waals surface area contributed by atoms with Crippen molar-refractivity contribution in [3.63, 3.8) is 0 Å². The molecule has 37 heteroatoms. The maximum Gasteiger partial charge on any atom is 0.337 e. The summed E-state index contributed by atoms with van der Waals surface area (Å²) in [5.41, 5.74) is -0.286. The smallest absolute Gasteiger partial charge is 0.337 e. The fraction of sp³-hybridized carbons (Fsp3) is 0.631. The molecule has 26 atom stereocenters. The van der Waals surface area contributed by atoms with E-state index in [2.05, 4.69) is 0 Å². The quantitative estimate of drug-likeness (QED) is 0.0234. The number of aliphatic hydroxyl groups is 13. The van der Waals surface area contributed by atoms with Gasteiger partial charge in [0.25, 0.3) is 0 Å². The summed E-state index contributed by atoms with van der Waals surface area (Å²) in [5, 5.41) is 149. The number of allylic oxidation sites excluding steroid dienone is 3. The zero-order valence-electron chi connectivity index (χ0n) is 55.8. The molecule has 0 aliphatic carbocycles. The monoisotopic (exact) mass is 1460 g/mol. The first kappa shape index (κ1) is 80.5. The van der Waals surface area contributed by atoms with E-state index in [9.17, 15) is 100 Å². The van der Waals surface area contributed by atoms with Crippen LogP contribution in [0, 0.1) is 17.8 Å². The lowest BCUT2D eigenvalue weighted by Gasteiger charge is -2.43. The van der Waals surface area contributed by atoms with Crippen LogP contribution in [0.15, 0.2) is 94.7 Å². The third-order valence-corrected chi connectivity index (χ3v) is 18.0. The first-order chi connectivity index (χ1) is 48.7. The Bertz CT molecular complexity index is 3230. The van der Waals surface area contributed by atoms with Crippen LogP contribution in [-0.4, -0.2) is 303 Å². The molecule has 7 aliphatic rings. The van der Waals surface area contributed by atoms with Crippen LogP contribution in [0.4, 0.5) is 0 Å². The van der Waals surface area contributed by atoms with E-state index in [4.69, 9.17) is 80.5 Å². The van der Waals surface area contributed by atoms with Gasteiger partial charge in [-0.2, -0.15) is 0 Å². The number of methoxy groups -OCH3 is 3. The maximum absolute atomic E-state index is 14.5. The average Bonchev–Trinajstić information content (AvgIpc) is 0.792. The lowest BCUT2D eigenvalue weighted by Crippen LogP contribution is -2.61. The molecule has 0 amide bonds. The second-order valence-corrected chi connectivity index (χ2v) is 24.2. The van der Waals surface area contributed by atoms with E-state index < -0.39 is 241 Å². The summed E-state index contributed by atoms with van der Waals surface area (Å²) in [6.45, 7) is 0.834. The number of benzene rings is 1. The van der Waals surface area contributed by atoms with Gasteiger partial charge in [0.2, 0.25) is 18.9 Å². The van der Waals surface area contributed by atoms with Crippen LogP contribution in [0.3, 0.4) is 0 Å². The van der Waals surface area contributed by atoms with Crippen molar-refractivity contribution >= 4 is 35.8 Å². The van der Waals surface area contributed by atoms with Gasteiger partial charge in [-0.1, -0.05) is 30.4 Å². The third kappa shape index (κ3) is 18.5. The lowest BCUT2D eigenvalue weighted by atomic mass is 9.86. The van der Waals surface area contributed by atoms with Crippen LogP contribution in [-0.2, 0) is 116 Å². The Labute approximate surface area is 581 Å². The zero-order chi connectivity index (χ0) is 74.5. The van der Waals surface area contributed by atoms with Gasteiger partial charge in [0.05, 0.1) is 95.9 Å². The molecule has 0 bridgehead atoms. The summed E-state index contributed by atoms with van der Waals surface area (Å²) in [5.74, 6) is -10.7. The van der Waals surface area contributed by atoms with Crippen molar-refractivity contribution in [1.29, 1.82) is 0 Å². The lowest BCUT2D eigenvalue weighted by molar-refractivity contribution is -0.329. The number of hydrogen-bond donors (Lipinski definition) is 14. The Balaban J connectivity index is 1.03. The van der Waals surface area contributed by atoms with Gasteiger partial charge in [-0.3, -0.25) is 14.4 Å². The molecule has 8 rings (SSSR count). The highest BCUT2D eigenvalue weighted by Crippen LogP contribution is 2.41. The van der Waals surface area contributed by atoms with Crippen LogP contribution >= 0.6 is 0 Å². The Kier molecular flexibility index (Phi) is 28.8. The Morgan fingerprint density at radius 3 is 1.16 bits per heavy atom. The molecule has 4 fully saturated rings. The summed E-state index contributed by atoms with van der Waals surface area (Å²) >= 11 is 0. The van der Waals surface area contributed by atoms with Gasteiger partial charge in [0, 0.05) is 34.5 Å². The number of esters is 6. The number of aliphatic hydroxyl groups excluding tert-OH is 13. The van der Waals surface area contributed by atoms with Gasteiger partial charge in [0.15, 0.2) is 31.3 Å². The van der Waals surface area contributed by atoms with Crippen molar-refractivity contribution in [2.45, 2.75) is 188 Å². The molecule has 0 spiro atoms. The molecule has 14 N–H and O–H groups in total. The van der Waals surface area contributed by atoms with Crippen molar-refractivity contribution in [3.8, 4) is 5.75 Å². The number of phenols is 1. The van der Waals surface area contributed by atoms with Gasteiger partial charge >= 0.3 is 35.8 Å². The molecule has 4 saturated heterocycles. The first-order valence-electron chi connectivity index (χ1n) is 32.2. The van der Waals surface area contributed by atoms with Crippen LogP contribution in [0.1, 0.15) is 45.6 Å². The van der Waals surface area contributed by atoms with E-state index in [1.807, 2.05) is 0 Å². The molecule has 0 aromatic heterocycles.